The number of primary amides is 1. The van der Waals surface area contributed by atoms with E-state index in [1.165, 1.54) is 0 Å². The number of halogens is 3. The lowest BCUT2D eigenvalue weighted by atomic mass is 10.3. The van der Waals surface area contributed by atoms with E-state index in [1.807, 2.05) is 0 Å². The van der Waals surface area contributed by atoms with Crippen LogP contribution >= 0.6 is 0 Å². The molecule has 1 aromatic rings. The molecule has 1 rings (SSSR count). The van der Waals surface area contributed by atoms with E-state index in [0.29, 0.717) is 0 Å². The average molecular weight is 265 g/mol. The third kappa shape index (κ3) is 3.73. The zero-order chi connectivity index (χ0) is 13.9. The molecule has 0 fully saturated rings. The lowest BCUT2D eigenvalue weighted by molar-refractivity contribution is -0.144. The zero-order valence-corrected chi connectivity index (χ0v) is 8.90. The summed E-state index contributed by atoms with van der Waals surface area (Å²) in [7, 11) is 0. The van der Waals surface area contributed by atoms with Gasteiger partial charge >= 0.3 is 6.18 Å². The minimum absolute atomic E-state index is 0.268. The van der Waals surface area contributed by atoms with Crippen molar-refractivity contribution in [2.24, 2.45) is 5.73 Å². The van der Waals surface area contributed by atoms with Gasteiger partial charge in [0, 0.05) is 6.07 Å². The number of carbonyl (C=O) groups is 1. The van der Waals surface area contributed by atoms with Crippen molar-refractivity contribution in [2.75, 3.05) is 17.6 Å². The monoisotopic (exact) mass is 265 g/mol. The van der Waals surface area contributed by atoms with Crippen LogP contribution in [-0.4, -0.2) is 33.6 Å². The highest BCUT2D eigenvalue weighted by molar-refractivity contribution is 5.79. The summed E-state index contributed by atoms with van der Waals surface area (Å²) in [4.78, 5) is 16.7. The number of rotatable bonds is 4. The lowest BCUT2D eigenvalue weighted by Crippen LogP contribution is -2.34. The van der Waals surface area contributed by atoms with E-state index >= 15 is 0 Å². The van der Waals surface area contributed by atoms with Gasteiger partial charge in [-0.1, -0.05) is 0 Å². The topological polar surface area (TPSA) is 127 Å². The van der Waals surface area contributed by atoms with Crippen molar-refractivity contribution in [3.63, 3.8) is 0 Å². The number of aliphatic hydroxyl groups excluding tert-OH is 1. The molecule has 1 heterocycles. The van der Waals surface area contributed by atoms with Crippen LogP contribution in [0.25, 0.3) is 0 Å². The van der Waals surface area contributed by atoms with E-state index in [4.69, 9.17) is 16.6 Å². The Balaban J connectivity index is 2.84. The molecule has 7 nitrogen and oxygen atoms in total. The SMILES string of the molecule is NC(=O)C(O)CNc1cc(N)nc(C(F)(F)F)n1. The second-order valence-electron chi connectivity index (χ2n) is 3.30. The molecular formula is C8H10F3N5O2. The molecule has 1 unspecified atom stereocenters. The molecule has 1 atom stereocenters. The molecule has 0 aliphatic carbocycles. The molecule has 0 aliphatic rings. The molecule has 0 aliphatic heterocycles. The average Bonchev–Trinajstić information content (AvgIpc) is 2.23. The molecule has 0 bridgehead atoms. The highest BCUT2D eigenvalue weighted by Crippen LogP contribution is 2.27. The number of alkyl halides is 3. The second-order valence-corrected chi connectivity index (χ2v) is 3.30. The molecule has 0 saturated heterocycles. The Hall–Kier alpha value is -2.10. The number of nitrogens with one attached hydrogen (secondary N) is 1. The number of nitrogen functional groups attached to an aromatic ring is 1. The Bertz CT molecular complexity index is 451. The Morgan fingerprint density at radius 2 is 2.11 bits per heavy atom. The van der Waals surface area contributed by atoms with Gasteiger partial charge in [-0.2, -0.15) is 13.2 Å². The summed E-state index contributed by atoms with van der Waals surface area (Å²) in [5.41, 5.74) is 9.94. The summed E-state index contributed by atoms with van der Waals surface area (Å²) in [6.45, 7) is -0.386. The number of amides is 1. The van der Waals surface area contributed by atoms with Gasteiger partial charge in [0.1, 0.15) is 17.7 Å². The van der Waals surface area contributed by atoms with E-state index in [1.54, 1.807) is 0 Å². The summed E-state index contributed by atoms with van der Waals surface area (Å²) in [5, 5.41) is 11.3. The van der Waals surface area contributed by atoms with E-state index in [2.05, 4.69) is 15.3 Å². The van der Waals surface area contributed by atoms with Crippen LogP contribution in [0.1, 0.15) is 5.82 Å². The number of anilines is 2. The van der Waals surface area contributed by atoms with Crippen LogP contribution in [-0.2, 0) is 11.0 Å². The Morgan fingerprint density at radius 3 is 2.61 bits per heavy atom. The van der Waals surface area contributed by atoms with E-state index in [0.717, 1.165) is 6.07 Å². The molecule has 1 amide bonds. The van der Waals surface area contributed by atoms with E-state index in [9.17, 15) is 18.0 Å². The minimum atomic E-state index is -4.74. The summed E-state index contributed by atoms with van der Waals surface area (Å²) < 4.78 is 37.0. The number of aliphatic hydroxyl groups is 1. The van der Waals surface area contributed by atoms with Crippen LogP contribution in [0, 0.1) is 0 Å². The van der Waals surface area contributed by atoms with Crippen LogP contribution in [0.3, 0.4) is 0 Å². The molecule has 100 valence electrons. The maximum Gasteiger partial charge on any atom is 0.451 e. The number of aromatic nitrogens is 2. The predicted octanol–water partition coefficient (Wildman–Crippen LogP) is -0.664. The van der Waals surface area contributed by atoms with Gasteiger partial charge in [0.05, 0.1) is 6.54 Å². The fourth-order valence-corrected chi connectivity index (χ4v) is 0.985. The molecule has 6 N–H and O–H groups in total. The third-order valence-corrected chi connectivity index (χ3v) is 1.80. The van der Waals surface area contributed by atoms with Crippen LogP contribution in [0.15, 0.2) is 6.07 Å². The maximum atomic E-state index is 12.3. The predicted molar refractivity (Wildman–Crippen MR) is 55.1 cm³/mol. The van der Waals surface area contributed by atoms with Crippen molar-refractivity contribution in [1.82, 2.24) is 9.97 Å². The van der Waals surface area contributed by atoms with Gasteiger partial charge in [-0.3, -0.25) is 4.79 Å². The van der Waals surface area contributed by atoms with Crippen molar-refractivity contribution in [3.05, 3.63) is 11.9 Å². The van der Waals surface area contributed by atoms with Gasteiger partial charge in [-0.15, -0.1) is 0 Å². The van der Waals surface area contributed by atoms with Gasteiger partial charge < -0.3 is 21.9 Å². The molecule has 0 spiro atoms. The van der Waals surface area contributed by atoms with Crippen molar-refractivity contribution in [1.29, 1.82) is 0 Å². The Kier molecular flexibility index (Phi) is 3.91. The van der Waals surface area contributed by atoms with Crippen LogP contribution < -0.4 is 16.8 Å². The van der Waals surface area contributed by atoms with Gasteiger partial charge in [0.15, 0.2) is 0 Å². The van der Waals surface area contributed by atoms with Crippen LogP contribution in [0.5, 0.6) is 0 Å². The van der Waals surface area contributed by atoms with E-state index in [-0.39, 0.29) is 12.4 Å². The molecule has 0 saturated carbocycles. The molecule has 18 heavy (non-hydrogen) atoms. The summed E-state index contributed by atoms with van der Waals surface area (Å²) in [6.07, 6.45) is -6.29. The molecule has 10 heteroatoms. The second kappa shape index (κ2) is 5.04. The number of hydrogen-bond donors (Lipinski definition) is 4. The van der Waals surface area contributed by atoms with Crippen molar-refractivity contribution >= 4 is 17.5 Å². The first-order valence-electron chi connectivity index (χ1n) is 4.63. The highest BCUT2D eigenvalue weighted by Gasteiger charge is 2.35. The molecular weight excluding hydrogens is 255 g/mol. The first kappa shape index (κ1) is 14.0. The quantitative estimate of drug-likeness (QED) is 0.572. The Labute approximate surface area is 99.0 Å². The minimum Gasteiger partial charge on any atom is -0.384 e. The first-order valence-corrected chi connectivity index (χ1v) is 4.63. The highest BCUT2D eigenvalue weighted by atomic mass is 19.4. The van der Waals surface area contributed by atoms with Gasteiger partial charge in [-0.25, -0.2) is 9.97 Å². The first-order chi connectivity index (χ1) is 8.20. The number of hydrogen-bond acceptors (Lipinski definition) is 6. The molecule has 0 radical (unpaired) electrons. The van der Waals surface area contributed by atoms with Gasteiger partial charge in [-0.05, 0) is 0 Å². The Morgan fingerprint density at radius 1 is 1.50 bits per heavy atom. The molecule has 1 aromatic heterocycles. The maximum absolute atomic E-state index is 12.3. The largest absolute Gasteiger partial charge is 0.451 e. The fourth-order valence-electron chi connectivity index (χ4n) is 0.985. The van der Waals surface area contributed by atoms with E-state index < -0.39 is 29.8 Å². The van der Waals surface area contributed by atoms with Crippen molar-refractivity contribution < 1.29 is 23.1 Å². The van der Waals surface area contributed by atoms with Crippen LogP contribution in [0.4, 0.5) is 24.8 Å². The standard InChI is InChI=1S/C8H10F3N5O2/c9-8(10,11)7-15-4(12)1-5(16-7)14-2-3(17)6(13)18/h1,3,17H,2H2,(H2,13,18)(H3,12,14,15,16). The zero-order valence-electron chi connectivity index (χ0n) is 8.90. The van der Waals surface area contributed by atoms with Crippen molar-refractivity contribution in [3.8, 4) is 0 Å². The fraction of sp³-hybridized carbons (Fsp3) is 0.375. The van der Waals surface area contributed by atoms with Gasteiger partial charge in [0.25, 0.3) is 0 Å². The third-order valence-electron chi connectivity index (χ3n) is 1.80. The van der Waals surface area contributed by atoms with Crippen LogP contribution in [0.2, 0.25) is 0 Å². The smallest absolute Gasteiger partial charge is 0.384 e. The summed E-state index contributed by atoms with van der Waals surface area (Å²) in [5.74, 6) is -3.09. The summed E-state index contributed by atoms with van der Waals surface area (Å²) in [6, 6.07) is 1.03. The number of nitrogens with two attached hydrogens (primary N) is 2. The van der Waals surface area contributed by atoms with Gasteiger partial charge in [0.2, 0.25) is 11.7 Å². The molecule has 0 aromatic carbocycles. The van der Waals surface area contributed by atoms with Crippen molar-refractivity contribution in [2.45, 2.75) is 12.3 Å². The number of carbonyl (C=O) groups excluding carboxylic acids is 1. The number of nitrogens with zero attached hydrogens (tertiary/aromatic N) is 2. The normalized spacial score (nSPS) is 13.1. The lowest BCUT2D eigenvalue weighted by Gasteiger charge is -2.11. The summed E-state index contributed by atoms with van der Waals surface area (Å²) >= 11 is 0.